The first-order valence-electron chi connectivity index (χ1n) is 7.93. The van der Waals surface area contributed by atoms with Gasteiger partial charge in [-0.25, -0.2) is 9.78 Å². The van der Waals surface area contributed by atoms with Gasteiger partial charge < -0.3 is 10.6 Å². The number of imide groups is 1. The third-order valence-electron chi connectivity index (χ3n) is 3.86. The van der Waals surface area contributed by atoms with E-state index in [1.807, 2.05) is 0 Å². The van der Waals surface area contributed by atoms with E-state index in [4.69, 9.17) is 0 Å². The number of fused-ring (bicyclic) bond motifs is 2. The van der Waals surface area contributed by atoms with Crippen LogP contribution in [-0.2, 0) is 17.8 Å². The van der Waals surface area contributed by atoms with Gasteiger partial charge in [-0.15, -0.1) is 0 Å². The molecule has 2 heterocycles. The van der Waals surface area contributed by atoms with E-state index in [1.54, 1.807) is 29.7 Å². The number of amides is 3. The van der Waals surface area contributed by atoms with Crippen molar-refractivity contribution in [3.05, 3.63) is 34.4 Å². The molecule has 0 atom stereocenters. The number of hydrogen-bond donors (Lipinski definition) is 3. The molecular formula is C16H19N5O3. The van der Waals surface area contributed by atoms with Crippen molar-refractivity contribution in [1.82, 2.24) is 20.2 Å². The third kappa shape index (κ3) is 3.22. The minimum Gasteiger partial charge on any atom is -0.376 e. The number of carbonyl (C=O) groups is 2. The molecular weight excluding hydrogens is 310 g/mol. The molecule has 3 N–H and O–H groups in total. The van der Waals surface area contributed by atoms with Gasteiger partial charge in [-0.3, -0.25) is 19.5 Å². The van der Waals surface area contributed by atoms with E-state index in [2.05, 4.69) is 20.9 Å². The molecule has 0 bridgehead atoms. The van der Waals surface area contributed by atoms with Crippen molar-refractivity contribution in [2.24, 2.45) is 0 Å². The fourth-order valence-electron chi connectivity index (χ4n) is 2.75. The molecule has 1 aliphatic rings. The van der Waals surface area contributed by atoms with E-state index >= 15 is 0 Å². The number of benzene rings is 1. The summed E-state index contributed by atoms with van der Waals surface area (Å²) in [7, 11) is 0. The van der Waals surface area contributed by atoms with E-state index in [1.165, 1.54) is 0 Å². The van der Waals surface area contributed by atoms with Gasteiger partial charge in [-0.1, -0.05) is 0 Å². The Balaban J connectivity index is 1.73. The summed E-state index contributed by atoms with van der Waals surface area (Å²) in [5, 5.41) is 8.12. The Hall–Kier alpha value is -2.90. The van der Waals surface area contributed by atoms with Gasteiger partial charge in [0, 0.05) is 25.2 Å². The highest BCUT2D eigenvalue weighted by Gasteiger charge is 2.16. The van der Waals surface area contributed by atoms with Crippen LogP contribution in [0, 0.1) is 0 Å². The number of nitrogens with zero attached hydrogens (tertiary/aromatic N) is 2. The molecule has 8 nitrogen and oxygen atoms in total. The highest BCUT2D eigenvalue weighted by molar-refractivity contribution is 5.96. The number of aromatic nitrogens is 2. The normalized spacial score (nSPS) is 12.7. The Labute approximate surface area is 138 Å². The second-order valence-corrected chi connectivity index (χ2v) is 5.58. The van der Waals surface area contributed by atoms with Crippen LogP contribution in [0.2, 0.25) is 0 Å². The minimum atomic E-state index is -0.527. The summed E-state index contributed by atoms with van der Waals surface area (Å²) in [6.45, 7) is 2.84. The van der Waals surface area contributed by atoms with Crippen molar-refractivity contribution in [3.63, 3.8) is 0 Å². The molecule has 0 spiro atoms. The Morgan fingerprint density at radius 2 is 2.17 bits per heavy atom. The zero-order valence-electron chi connectivity index (χ0n) is 13.4. The predicted octanol–water partition coefficient (Wildman–Crippen LogP) is 0.600. The van der Waals surface area contributed by atoms with Gasteiger partial charge in [-0.05, 0) is 31.5 Å². The lowest BCUT2D eigenvalue weighted by Gasteiger charge is -2.09. The van der Waals surface area contributed by atoms with E-state index in [-0.39, 0.29) is 12.1 Å². The molecule has 3 rings (SSSR count). The summed E-state index contributed by atoms with van der Waals surface area (Å²) in [6.07, 6.45) is 1.76. The average molecular weight is 329 g/mol. The van der Waals surface area contributed by atoms with Gasteiger partial charge in [0.1, 0.15) is 5.82 Å². The Morgan fingerprint density at radius 3 is 2.96 bits per heavy atom. The van der Waals surface area contributed by atoms with Crippen LogP contribution in [0.3, 0.4) is 0 Å². The first-order valence-corrected chi connectivity index (χ1v) is 7.93. The van der Waals surface area contributed by atoms with Crippen molar-refractivity contribution in [1.29, 1.82) is 0 Å². The molecule has 0 fully saturated rings. The Bertz CT molecular complexity index is 859. The van der Waals surface area contributed by atoms with Crippen LogP contribution in [-0.4, -0.2) is 34.6 Å². The molecule has 0 radical (unpaired) electrons. The topological polar surface area (TPSA) is 105 Å². The lowest BCUT2D eigenvalue weighted by molar-refractivity contribution is -0.118. The first-order chi connectivity index (χ1) is 11.6. The molecule has 1 aromatic heterocycles. The summed E-state index contributed by atoms with van der Waals surface area (Å²) in [5.41, 5.74) is 1.24. The molecule has 0 saturated carbocycles. The largest absolute Gasteiger partial charge is 0.376 e. The fraction of sp³-hybridized carbons (Fsp3) is 0.375. The van der Waals surface area contributed by atoms with Gasteiger partial charge >= 0.3 is 6.03 Å². The quantitative estimate of drug-likeness (QED) is 0.762. The lowest BCUT2D eigenvalue weighted by atomic mass is 10.2. The standard InChI is InChI=1S/C16H19N5O3/c1-2-17-16(24)20-14(22)9-18-10-5-6-12-11(8-10)15(23)21-7-3-4-13(21)19-12/h5-6,8,18H,2-4,7,9H2,1H3,(H2,17,20,22,24). The van der Waals surface area contributed by atoms with Gasteiger partial charge in [0.15, 0.2) is 0 Å². The summed E-state index contributed by atoms with van der Waals surface area (Å²) in [4.78, 5) is 39.9. The number of anilines is 1. The van der Waals surface area contributed by atoms with E-state index in [9.17, 15) is 14.4 Å². The lowest BCUT2D eigenvalue weighted by Crippen LogP contribution is -2.41. The number of aryl methyl sites for hydroxylation is 1. The molecule has 2 aromatic rings. The van der Waals surface area contributed by atoms with Crippen molar-refractivity contribution in [2.75, 3.05) is 18.4 Å². The van der Waals surface area contributed by atoms with Gasteiger partial charge in [0.25, 0.3) is 5.56 Å². The SMILES string of the molecule is CCNC(=O)NC(=O)CNc1ccc2nc3n(c(=O)c2c1)CCC3. The zero-order valence-corrected chi connectivity index (χ0v) is 13.4. The second-order valence-electron chi connectivity index (χ2n) is 5.58. The van der Waals surface area contributed by atoms with Crippen molar-refractivity contribution < 1.29 is 9.59 Å². The number of urea groups is 1. The smallest absolute Gasteiger partial charge is 0.321 e. The van der Waals surface area contributed by atoms with E-state index in [0.29, 0.717) is 29.7 Å². The maximum atomic E-state index is 12.5. The number of hydrogen-bond acceptors (Lipinski definition) is 5. The van der Waals surface area contributed by atoms with Crippen LogP contribution in [0.1, 0.15) is 19.2 Å². The van der Waals surface area contributed by atoms with Crippen molar-refractivity contribution in [3.8, 4) is 0 Å². The number of nitrogens with one attached hydrogen (secondary N) is 3. The van der Waals surface area contributed by atoms with Crippen molar-refractivity contribution in [2.45, 2.75) is 26.3 Å². The minimum absolute atomic E-state index is 0.0528. The van der Waals surface area contributed by atoms with Crippen LogP contribution < -0.4 is 21.5 Å². The number of carbonyl (C=O) groups excluding carboxylic acids is 2. The predicted molar refractivity (Wildman–Crippen MR) is 90.0 cm³/mol. The Morgan fingerprint density at radius 1 is 1.33 bits per heavy atom. The van der Waals surface area contributed by atoms with Crippen LogP contribution >= 0.6 is 0 Å². The molecule has 1 aromatic carbocycles. The molecule has 1 aliphatic heterocycles. The monoisotopic (exact) mass is 329 g/mol. The Kier molecular flexibility index (Phi) is 4.45. The van der Waals surface area contributed by atoms with E-state index < -0.39 is 11.9 Å². The second kappa shape index (κ2) is 6.69. The van der Waals surface area contributed by atoms with Gasteiger partial charge in [0.2, 0.25) is 5.91 Å². The molecule has 0 saturated heterocycles. The van der Waals surface area contributed by atoms with Crippen molar-refractivity contribution >= 4 is 28.5 Å². The van der Waals surface area contributed by atoms with E-state index in [0.717, 1.165) is 18.7 Å². The molecule has 24 heavy (non-hydrogen) atoms. The molecule has 3 amide bonds. The molecule has 126 valence electrons. The average Bonchev–Trinajstić information content (AvgIpc) is 3.02. The van der Waals surface area contributed by atoms with Crippen LogP contribution in [0.25, 0.3) is 10.9 Å². The highest BCUT2D eigenvalue weighted by Crippen LogP contribution is 2.18. The maximum absolute atomic E-state index is 12.5. The van der Waals surface area contributed by atoms with Crippen LogP contribution in [0.4, 0.5) is 10.5 Å². The molecule has 8 heteroatoms. The summed E-state index contributed by atoms with van der Waals surface area (Å²) >= 11 is 0. The van der Waals surface area contributed by atoms with Gasteiger partial charge in [-0.2, -0.15) is 0 Å². The van der Waals surface area contributed by atoms with Crippen LogP contribution in [0.15, 0.2) is 23.0 Å². The fourth-order valence-corrected chi connectivity index (χ4v) is 2.75. The number of rotatable bonds is 4. The molecule has 0 aliphatic carbocycles. The summed E-state index contributed by atoms with van der Waals surface area (Å²) in [5.74, 6) is 0.374. The first kappa shape index (κ1) is 16.0. The highest BCUT2D eigenvalue weighted by atomic mass is 16.2. The molecule has 0 unspecified atom stereocenters. The van der Waals surface area contributed by atoms with Gasteiger partial charge in [0.05, 0.1) is 17.4 Å². The summed E-state index contributed by atoms with van der Waals surface area (Å²) in [6, 6.07) is 4.69. The zero-order chi connectivity index (χ0) is 17.1. The summed E-state index contributed by atoms with van der Waals surface area (Å²) < 4.78 is 1.70. The third-order valence-corrected chi connectivity index (χ3v) is 3.86. The van der Waals surface area contributed by atoms with Crippen LogP contribution in [0.5, 0.6) is 0 Å². The maximum Gasteiger partial charge on any atom is 0.321 e.